The van der Waals surface area contributed by atoms with Crippen molar-refractivity contribution >= 4 is 24.8 Å². The van der Waals surface area contributed by atoms with Gasteiger partial charge in [0.2, 0.25) is 0 Å². The molecule has 0 atom stereocenters. The van der Waals surface area contributed by atoms with Gasteiger partial charge < -0.3 is 0 Å². The van der Waals surface area contributed by atoms with Crippen LogP contribution in [-0.2, 0) is 24.1 Å². The van der Waals surface area contributed by atoms with Gasteiger partial charge in [-0.2, -0.15) is 0 Å². The van der Waals surface area contributed by atoms with E-state index < -0.39 is 18.8 Å². The summed E-state index contributed by atoms with van der Waals surface area (Å²) >= 11 is -3.80. The van der Waals surface area contributed by atoms with Crippen LogP contribution in [0.2, 0.25) is 13.3 Å². The Labute approximate surface area is 255 Å². The molecule has 0 spiro atoms. The minimum atomic E-state index is -3.80. The predicted octanol–water partition coefficient (Wildman–Crippen LogP) is 10.8. The SMILES string of the molecule is CCCCCCCC(=O)[O][Sn]([CH2]C(C)(C)c1ccccc1)([CH2]C(C)(C)c1ccccc1)[CH2]C(C)(C)c1ccccc1. The molecule has 2 nitrogen and oxygen atoms in total. The third-order valence-electron chi connectivity index (χ3n) is 8.77. The van der Waals surface area contributed by atoms with Gasteiger partial charge in [-0.05, 0) is 0 Å². The van der Waals surface area contributed by atoms with Crippen LogP contribution < -0.4 is 0 Å². The first-order valence-electron chi connectivity index (χ1n) is 15.8. The molecule has 0 saturated carbocycles. The van der Waals surface area contributed by atoms with Crippen LogP contribution in [-0.4, -0.2) is 24.8 Å². The Hall–Kier alpha value is -2.07. The van der Waals surface area contributed by atoms with E-state index in [4.69, 9.17) is 3.07 Å². The standard InChI is InChI=1S/3C10H13.C8H16O2.Sn/c3*1-10(2,3)9-7-5-4-6-8-9;1-2-3-4-5-6-7-8(9)10;/h3*4-8H,1H2,2-3H3;2-7H2,1H3,(H,9,10);/q;;;;+1/p-1. The number of rotatable bonds is 16. The van der Waals surface area contributed by atoms with Gasteiger partial charge in [0.05, 0.1) is 0 Å². The molecule has 0 saturated heterocycles. The zero-order chi connectivity index (χ0) is 30.0. The second kappa shape index (κ2) is 14.9. The fraction of sp³-hybridized carbons (Fsp3) is 0.500. The summed E-state index contributed by atoms with van der Waals surface area (Å²) in [5, 5.41) is 0. The van der Waals surface area contributed by atoms with E-state index >= 15 is 0 Å². The quantitative estimate of drug-likeness (QED) is 0.113. The molecule has 3 heteroatoms. The number of unbranched alkanes of at least 4 members (excludes halogenated alkanes) is 4. The van der Waals surface area contributed by atoms with Gasteiger partial charge in [-0.15, -0.1) is 0 Å². The Balaban J connectivity index is 2.07. The maximum atomic E-state index is 13.8. The summed E-state index contributed by atoms with van der Waals surface area (Å²) in [6.45, 7) is 16.4. The van der Waals surface area contributed by atoms with Crippen LogP contribution in [0.25, 0.3) is 0 Å². The van der Waals surface area contributed by atoms with Crippen molar-refractivity contribution < 1.29 is 7.87 Å². The van der Waals surface area contributed by atoms with Crippen LogP contribution in [0.5, 0.6) is 0 Å². The van der Waals surface area contributed by atoms with E-state index in [-0.39, 0.29) is 22.2 Å². The van der Waals surface area contributed by atoms with Crippen molar-refractivity contribution in [3.05, 3.63) is 108 Å². The molecule has 0 aliphatic rings. The molecule has 41 heavy (non-hydrogen) atoms. The van der Waals surface area contributed by atoms with Crippen molar-refractivity contribution in [2.24, 2.45) is 0 Å². The Morgan fingerprint density at radius 1 is 0.561 bits per heavy atom. The van der Waals surface area contributed by atoms with Crippen LogP contribution in [0.4, 0.5) is 0 Å². The second-order valence-electron chi connectivity index (χ2n) is 14.1. The van der Waals surface area contributed by atoms with Gasteiger partial charge >= 0.3 is 257 Å². The molecule has 0 aromatic heterocycles. The number of carbonyl (C=O) groups excluding carboxylic acids is 1. The molecule has 0 N–H and O–H groups in total. The summed E-state index contributed by atoms with van der Waals surface area (Å²) in [5.41, 5.74) is 3.68. The topological polar surface area (TPSA) is 26.3 Å². The first-order chi connectivity index (χ1) is 19.4. The minimum absolute atomic E-state index is 0.0360. The Bertz CT molecular complexity index is 1050. The molecule has 3 aromatic rings. The van der Waals surface area contributed by atoms with Crippen LogP contribution in [0.3, 0.4) is 0 Å². The first-order valence-corrected chi connectivity index (χ1v) is 23.0. The average Bonchev–Trinajstić information content (AvgIpc) is 2.93. The maximum absolute atomic E-state index is 13.8. The molecule has 0 heterocycles. The van der Waals surface area contributed by atoms with E-state index in [0.29, 0.717) is 6.42 Å². The monoisotopic (exact) mass is 662 g/mol. The van der Waals surface area contributed by atoms with Crippen LogP contribution in [0.1, 0.15) is 104 Å². The van der Waals surface area contributed by atoms with Crippen LogP contribution in [0, 0.1) is 0 Å². The fourth-order valence-electron chi connectivity index (χ4n) is 6.85. The van der Waals surface area contributed by atoms with Gasteiger partial charge in [-0.1, -0.05) is 0 Å². The third kappa shape index (κ3) is 10.0. The van der Waals surface area contributed by atoms with Gasteiger partial charge in [-0.3, -0.25) is 0 Å². The number of benzene rings is 3. The molecule has 222 valence electrons. The molecular weight excluding hydrogens is 607 g/mol. The molecule has 3 rings (SSSR count). The molecular formula is C38H54O2Sn. The predicted molar refractivity (Wildman–Crippen MR) is 178 cm³/mol. The number of hydrogen-bond acceptors (Lipinski definition) is 2. The zero-order valence-electron chi connectivity index (χ0n) is 26.8. The summed E-state index contributed by atoms with van der Waals surface area (Å²) in [4.78, 5) is 13.8. The molecule has 0 fully saturated rings. The van der Waals surface area contributed by atoms with E-state index in [0.717, 1.165) is 26.2 Å². The molecule has 0 aliphatic carbocycles. The molecule has 0 aliphatic heterocycles. The number of carbonyl (C=O) groups is 1. The Morgan fingerprint density at radius 2 is 0.902 bits per heavy atom. The van der Waals surface area contributed by atoms with Crippen molar-refractivity contribution in [3.8, 4) is 0 Å². The summed E-state index contributed by atoms with van der Waals surface area (Å²) in [5.74, 6) is 0.0360. The molecule has 3 aromatic carbocycles. The Kier molecular flexibility index (Phi) is 12.1. The molecule has 0 unspecified atom stereocenters. The van der Waals surface area contributed by atoms with Gasteiger partial charge in [0.25, 0.3) is 0 Å². The number of hydrogen-bond donors (Lipinski definition) is 0. The van der Waals surface area contributed by atoms with Gasteiger partial charge in [0, 0.05) is 0 Å². The fourth-order valence-corrected chi connectivity index (χ4v) is 25.7. The molecule has 0 amide bonds. The van der Waals surface area contributed by atoms with Crippen molar-refractivity contribution in [2.75, 3.05) is 0 Å². The van der Waals surface area contributed by atoms with Crippen molar-refractivity contribution in [2.45, 2.75) is 117 Å². The van der Waals surface area contributed by atoms with E-state index in [1.807, 2.05) is 0 Å². The van der Waals surface area contributed by atoms with Gasteiger partial charge in [0.1, 0.15) is 0 Å². The molecule has 0 radical (unpaired) electrons. The van der Waals surface area contributed by atoms with Crippen LogP contribution in [0.15, 0.2) is 91.0 Å². The van der Waals surface area contributed by atoms with Crippen molar-refractivity contribution in [1.29, 1.82) is 0 Å². The van der Waals surface area contributed by atoms with Crippen molar-refractivity contribution in [1.82, 2.24) is 0 Å². The average molecular weight is 662 g/mol. The van der Waals surface area contributed by atoms with E-state index in [9.17, 15) is 4.79 Å². The third-order valence-corrected chi connectivity index (χ3v) is 23.7. The van der Waals surface area contributed by atoms with Crippen LogP contribution >= 0.6 is 0 Å². The summed E-state index contributed by atoms with van der Waals surface area (Å²) in [7, 11) is 0. The normalized spacial score (nSPS) is 12.8. The van der Waals surface area contributed by atoms with E-state index in [1.165, 1.54) is 36.0 Å². The van der Waals surface area contributed by atoms with Crippen molar-refractivity contribution in [3.63, 3.8) is 0 Å². The summed E-state index contributed by atoms with van der Waals surface area (Å²) in [6, 6.07) is 32.6. The summed E-state index contributed by atoms with van der Waals surface area (Å²) in [6.07, 6.45) is 6.20. The summed E-state index contributed by atoms with van der Waals surface area (Å²) < 4.78 is 9.96. The first kappa shape index (κ1) is 33.4. The Morgan fingerprint density at radius 3 is 1.24 bits per heavy atom. The van der Waals surface area contributed by atoms with E-state index in [1.54, 1.807) is 0 Å². The van der Waals surface area contributed by atoms with Gasteiger partial charge in [-0.25, -0.2) is 0 Å². The van der Waals surface area contributed by atoms with E-state index in [2.05, 4.69) is 139 Å². The zero-order valence-corrected chi connectivity index (χ0v) is 29.7. The van der Waals surface area contributed by atoms with Gasteiger partial charge in [0.15, 0.2) is 0 Å². The molecule has 0 bridgehead atoms. The second-order valence-corrected chi connectivity index (χ2v) is 24.5.